The number of hydrogen-bond acceptors (Lipinski definition) is 3. The zero-order valence-corrected chi connectivity index (χ0v) is 12.0. The summed E-state index contributed by atoms with van der Waals surface area (Å²) in [5.74, 6) is 1.38. The molecule has 1 aliphatic heterocycles. The van der Waals surface area contributed by atoms with Crippen LogP contribution < -0.4 is 0 Å². The number of carbonyl (C=O) groups is 1. The molecule has 1 aromatic heterocycles. The summed E-state index contributed by atoms with van der Waals surface area (Å²) in [5, 5.41) is 0. The Balaban J connectivity index is 1.72. The Hall–Kier alpha value is -1.36. The highest BCUT2D eigenvalue weighted by atomic mass is 16.2. The second-order valence-electron chi connectivity index (χ2n) is 5.14. The third kappa shape index (κ3) is 3.80. The molecular formula is C14H24N4O. The highest BCUT2D eigenvalue weighted by molar-refractivity contribution is 5.76. The minimum absolute atomic E-state index is 0.313. The maximum Gasteiger partial charge on any atom is 0.222 e. The number of imidazole rings is 1. The van der Waals surface area contributed by atoms with Crippen molar-refractivity contribution in [2.75, 3.05) is 32.7 Å². The lowest BCUT2D eigenvalue weighted by molar-refractivity contribution is -0.133. The summed E-state index contributed by atoms with van der Waals surface area (Å²) in [5.41, 5.74) is 0. The molecule has 2 heterocycles. The molecule has 0 aliphatic carbocycles. The minimum atomic E-state index is 0.313. The van der Waals surface area contributed by atoms with Crippen molar-refractivity contribution in [1.29, 1.82) is 0 Å². The van der Waals surface area contributed by atoms with E-state index < -0.39 is 0 Å². The summed E-state index contributed by atoms with van der Waals surface area (Å²) >= 11 is 0. The molecule has 106 valence electrons. The summed E-state index contributed by atoms with van der Waals surface area (Å²) in [6.07, 6.45) is 5.50. The molecule has 0 spiro atoms. The SMILES string of the molecule is CCCC(=O)N1CCN(CCn2ccnc2C)CC1. The van der Waals surface area contributed by atoms with Crippen molar-refractivity contribution >= 4 is 5.91 Å². The maximum atomic E-state index is 11.8. The molecule has 1 fully saturated rings. The third-order valence-electron chi connectivity index (χ3n) is 3.77. The van der Waals surface area contributed by atoms with Crippen LogP contribution in [0.5, 0.6) is 0 Å². The van der Waals surface area contributed by atoms with Gasteiger partial charge in [-0.2, -0.15) is 0 Å². The third-order valence-corrected chi connectivity index (χ3v) is 3.77. The Morgan fingerprint density at radius 3 is 2.58 bits per heavy atom. The Morgan fingerprint density at radius 1 is 1.26 bits per heavy atom. The fourth-order valence-corrected chi connectivity index (χ4v) is 2.48. The van der Waals surface area contributed by atoms with E-state index in [2.05, 4.69) is 21.4 Å². The maximum absolute atomic E-state index is 11.8. The van der Waals surface area contributed by atoms with E-state index >= 15 is 0 Å². The fourth-order valence-electron chi connectivity index (χ4n) is 2.48. The first kappa shape index (κ1) is 14.1. The quantitative estimate of drug-likeness (QED) is 0.800. The molecule has 1 aromatic rings. The molecule has 19 heavy (non-hydrogen) atoms. The van der Waals surface area contributed by atoms with Gasteiger partial charge in [0.05, 0.1) is 0 Å². The predicted molar refractivity (Wildman–Crippen MR) is 74.9 cm³/mol. The summed E-state index contributed by atoms with van der Waals surface area (Å²) in [4.78, 5) is 20.4. The Labute approximate surface area is 115 Å². The van der Waals surface area contributed by atoms with E-state index in [-0.39, 0.29) is 0 Å². The molecule has 2 rings (SSSR count). The number of amides is 1. The fraction of sp³-hybridized carbons (Fsp3) is 0.714. The molecule has 0 saturated carbocycles. The van der Waals surface area contributed by atoms with Crippen LogP contribution in [0, 0.1) is 6.92 Å². The van der Waals surface area contributed by atoms with E-state index in [9.17, 15) is 4.79 Å². The van der Waals surface area contributed by atoms with Gasteiger partial charge < -0.3 is 9.47 Å². The normalized spacial score (nSPS) is 16.8. The summed E-state index contributed by atoms with van der Waals surface area (Å²) in [7, 11) is 0. The largest absolute Gasteiger partial charge is 0.340 e. The van der Waals surface area contributed by atoms with Crippen molar-refractivity contribution < 1.29 is 4.79 Å². The molecular weight excluding hydrogens is 240 g/mol. The minimum Gasteiger partial charge on any atom is -0.340 e. The van der Waals surface area contributed by atoms with Crippen LogP contribution in [-0.2, 0) is 11.3 Å². The highest BCUT2D eigenvalue weighted by Crippen LogP contribution is 2.06. The van der Waals surface area contributed by atoms with Crippen molar-refractivity contribution in [1.82, 2.24) is 19.4 Å². The van der Waals surface area contributed by atoms with Gasteiger partial charge in [0.1, 0.15) is 5.82 Å². The lowest BCUT2D eigenvalue weighted by Crippen LogP contribution is -2.49. The molecule has 0 atom stereocenters. The molecule has 5 nitrogen and oxygen atoms in total. The molecule has 0 unspecified atom stereocenters. The lowest BCUT2D eigenvalue weighted by atomic mass is 10.2. The van der Waals surface area contributed by atoms with Gasteiger partial charge in [0, 0.05) is 58.1 Å². The second-order valence-corrected chi connectivity index (χ2v) is 5.14. The number of piperazine rings is 1. The molecule has 1 aliphatic rings. The van der Waals surface area contributed by atoms with Crippen LogP contribution in [0.1, 0.15) is 25.6 Å². The molecule has 0 aromatic carbocycles. The highest BCUT2D eigenvalue weighted by Gasteiger charge is 2.19. The van der Waals surface area contributed by atoms with E-state index in [4.69, 9.17) is 0 Å². The first-order valence-electron chi connectivity index (χ1n) is 7.18. The van der Waals surface area contributed by atoms with Crippen LogP contribution in [0.2, 0.25) is 0 Å². The van der Waals surface area contributed by atoms with Crippen molar-refractivity contribution in [3.63, 3.8) is 0 Å². The van der Waals surface area contributed by atoms with Gasteiger partial charge in [-0.1, -0.05) is 6.92 Å². The van der Waals surface area contributed by atoms with E-state index in [1.807, 2.05) is 24.2 Å². The Morgan fingerprint density at radius 2 is 2.00 bits per heavy atom. The average Bonchev–Trinajstić information content (AvgIpc) is 2.83. The zero-order chi connectivity index (χ0) is 13.7. The van der Waals surface area contributed by atoms with E-state index in [0.29, 0.717) is 12.3 Å². The smallest absolute Gasteiger partial charge is 0.222 e. The van der Waals surface area contributed by atoms with Crippen molar-refractivity contribution in [3.05, 3.63) is 18.2 Å². The van der Waals surface area contributed by atoms with Crippen LogP contribution in [-0.4, -0.2) is 58.0 Å². The second kappa shape index (κ2) is 6.70. The molecule has 5 heteroatoms. The summed E-state index contributed by atoms with van der Waals surface area (Å²) in [6.45, 7) is 9.83. The standard InChI is InChI=1S/C14H24N4O/c1-3-4-14(19)18-11-8-16(9-12-18)7-10-17-6-5-15-13(17)2/h5-6H,3-4,7-12H2,1-2H3. The van der Waals surface area contributed by atoms with Gasteiger partial charge in [-0.25, -0.2) is 4.98 Å². The van der Waals surface area contributed by atoms with Crippen molar-refractivity contribution in [2.24, 2.45) is 0 Å². The summed E-state index contributed by atoms with van der Waals surface area (Å²) < 4.78 is 2.18. The van der Waals surface area contributed by atoms with Gasteiger partial charge in [0.15, 0.2) is 0 Å². The average molecular weight is 264 g/mol. The first-order valence-corrected chi connectivity index (χ1v) is 7.18. The van der Waals surface area contributed by atoms with E-state index in [1.165, 1.54) is 0 Å². The van der Waals surface area contributed by atoms with Gasteiger partial charge in [-0.15, -0.1) is 0 Å². The zero-order valence-electron chi connectivity index (χ0n) is 12.0. The number of rotatable bonds is 5. The topological polar surface area (TPSA) is 41.4 Å². The van der Waals surface area contributed by atoms with E-state index in [0.717, 1.165) is 51.5 Å². The van der Waals surface area contributed by atoms with Crippen LogP contribution >= 0.6 is 0 Å². The van der Waals surface area contributed by atoms with Gasteiger partial charge in [-0.3, -0.25) is 9.69 Å². The Bertz CT molecular complexity index is 407. The van der Waals surface area contributed by atoms with Crippen molar-refractivity contribution in [3.8, 4) is 0 Å². The van der Waals surface area contributed by atoms with Crippen LogP contribution in [0.4, 0.5) is 0 Å². The molecule has 0 N–H and O–H groups in total. The predicted octanol–water partition coefficient (Wildman–Crippen LogP) is 1.14. The van der Waals surface area contributed by atoms with Gasteiger partial charge >= 0.3 is 0 Å². The van der Waals surface area contributed by atoms with Crippen molar-refractivity contribution in [2.45, 2.75) is 33.2 Å². The Kier molecular flexibility index (Phi) is 4.96. The van der Waals surface area contributed by atoms with Gasteiger partial charge in [0.2, 0.25) is 5.91 Å². The van der Waals surface area contributed by atoms with E-state index in [1.54, 1.807) is 0 Å². The van der Waals surface area contributed by atoms with Crippen LogP contribution in [0.15, 0.2) is 12.4 Å². The molecule has 1 amide bonds. The van der Waals surface area contributed by atoms with Crippen LogP contribution in [0.3, 0.4) is 0 Å². The monoisotopic (exact) mass is 264 g/mol. The molecule has 0 bridgehead atoms. The molecule has 1 saturated heterocycles. The number of aromatic nitrogens is 2. The first-order chi connectivity index (χ1) is 9.20. The number of hydrogen-bond donors (Lipinski definition) is 0. The van der Waals surface area contributed by atoms with Gasteiger partial charge in [0.25, 0.3) is 0 Å². The summed E-state index contributed by atoms with van der Waals surface area (Å²) in [6, 6.07) is 0. The molecule has 0 radical (unpaired) electrons. The van der Waals surface area contributed by atoms with Crippen LogP contribution in [0.25, 0.3) is 0 Å². The number of aryl methyl sites for hydroxylation is 1. The lowest BCUT2D eigenvalue weighted by Gasteiger charge is -2.34. The number of nitrogens with zero attached hydrogens (tertiary/aromatic N) is 4. The number of carbonyl (C=O) groups excluding carboxylic acids is 1. The van der Waals surface area contributed by atoms with Gasteiger partial charge in [-0.05, 0) is 13.3 Å².